The molecule has 1 aromatic carbocycles. The Balaban J connectivity index is 2.28. The molecule has 21 heavy (non-hydrogen) atoms. The van der Waals surface area contributed by atoms with Crippen LogP contribution in [0.3, 0.4) is 0 Å². The van der Waals surface area contributed by atoms with Crippen molar-refractivity contribution in [3.05, 3.63) is 42.0 Å². The van der Waals surface area contributed by atoms with Crippen molar-refractivity contribution in [1.82, 2.24) is 20.5 Å². The predicted octanol–water partition coefficient (Wildman–Crippen LogP) is 1.09. The van der Waals surface area contributed by atoms with E-state index in [1.54, 1.807) is 26.0 Å². The lowest BCUT2D eigenvalue weighted by Crippen LogP contribution is -2.28. The summed E-state index contributed by atoms with van der Waals surface area (Å²) in [5, 5.41) is 9.06. The maximum absolute atomic E-state index is 12.3. The summed E-state index contributed by atoms with van der Waals surface area (Å²) in [6, 6.07) is 5.75. The van der Waals surface area contributed by atoms with Gasteiger partial charge in [0.1, 0.15) is 12.2 Å². The molecule has 0 aliphatic carbocycles. The molecule has 1 atom stereocenters. The van der Waals surface area contributed by atoms with Gasteiger partial charge in [-0.2, -0.15) is 5.10 Å². The van der Waals surface area contributed by atoms with Crippen LogP contribution in [0, 0.1) is 0 Å². The van der Waals surface area contributed by atoms with Gasteiger partial charge in [-0.3, -0.25) is 9.89 Å². The normalized spacial score (nSPS) is 12.9. The van der Waals surface area contributed by atoms with Gasteiger partial charge >= 0.3 is 0 Å². The molecule has 8 heteroatoms. The molecule has 7 nitrogen and oxygen atoms in total. The van der Waals surface area contributed by atoms with Gasteiger partial charge in [-0.25, -0.2) is 13.4 Å². The molecule has 112 valence electrons. The standard InChI is InChI=1S/C13H16N4O3S/c1-3-21(19,20)11-7-5-4-6-10(11)13(18)16-9(2)12-14-8-15-17-12/h4-9H,3H2,1-2H3,(H,16,18)(H,14,15,17). The largest absolute Gasteiger partial charge is 0.342 e. The molecule has 1 unspecified atom stereocenters. The Morgan fingerprint density at radius 1 is 1.38 bits per heavy atom. The first-order chi connectivity index (χ1) is 9.95. The molecule has 2 rings (SSSR count). The third-order valence-corrected chi connectivity index (χ3v) is 4.82. The van der Waals surface area contributed by atoms with Gasteiger partial charge in [-0.15, -0.1) is 0 Å². The summed E-state index contributed by atoms with van der Waals surface area (Å²) >= 11 is 0. The Kier molecular flexibility index (Phi) is 4.37. The van der Waals surface area contributed by atoms with E-state index in [1.807, 2.05) is 0 Å². The van der Waals surface area contributed by atoms with E-state index in [0.29, 0.717) is 5.82 Å². The van der Waals surface area contributed by atoms with Gasteiger partial charge in [0.25, 0.3) is 5.91 Å². The van der Waals surface area contributed by atoms with Crippen molar-refractivity contribution in [2.24, 2.45) is 0 Å². The van der Waals surface area contributed by atoms with Crippen molar-refractivity contribution in [3.8, 4) is 0 Å². The third kappa shape index (κ3) is 3.27. The summed E-state index contributed by atoms with van der Waals surface area (Å²) < 4.78 is 24.1. The second kappa shape index (κ2) is 6.04. The van der Waals surface area contributed by atoms with Crippen molar-refractivity contribution < 1.29 is 13.2 Å². The van der Waals surface area contributed by atoms with E-state index in [2.05, 4.69) is 20.5 Å². The smallest absolute Gasteiger partial charge is 0.253 e. The zero-order valence-electron chi connectivity index (χ0n) is 11.7. The number of benzene rings is 1. The fourth-order valence-electron chi connectivity index (χ4n) is 1.85. The molecule has 0 bridgehead atoms. The Morgan fingerprint density at radius 2 is 2.10 bits per heavy atom. The van der Waals surface area contributed by atoms with Crippen LogP contribution in [0.2, 0.25) is 0 Å². The van der Waals surface area contributed by atoms with Crippen molar-refractivity contribution in [2.75, 3.05) is 5.75 Å². The van der Waals surface area contributed by atoms with E-state index >= 15 is 0 Å². The van der Waals surface area contributed by atoms with E-state index in [1.165, 1.54) is 18.5 Å². The molecule has 1 amide bonds. The van der Waals surface area contributed by atoms with Gasteiger partial charge in [0, 0.05) is 0 Å². The summed E-state index contributed by atoms with van der Waals surface area (Å²) in [5.41, 5.74) is 0.130. The minimum atomic E-state index is -3.46. The topological polar surface area (TPSA) is 105 Å². The first-order valence-corrected chi connectivity index (χ1v) is 8.09. The van der Waals surface area contributed by atoms with E-state index in [0.717, 1.165) is 0 Å². The quantitative estimate of drug-likeness (QED) is 0.860. The van der Waals surface area contributed by atoms with Gasteiger partial charge < -0.3 is 5.32 Å². The van der Waals surface area contributed by atoms with Crippen LogP contribution in [-0.4, -0.2) is 35.3 Å². The summed E-state index contributed by atoms with van der Waals surface area (Å²) in [7, 11) is -3.46. The van der Waals surface area contributed by atoms with Crippen LogP contribution in [0.1, 0.15) is 36.1 Å². The second-order valence-electron chi connectivity index (χ2n) is 4.47. The lowest BCUT2D eigenvalue weighted by atomic mass is 10.2. The highest BCUT2D eigenvalue weighted by molar-refractivity contribution is 7.91. The molecule has 2 N–H and O–H groups in total. The molecule has 1 heterocycles. The highest BCUT2D eigenvalue weighted by Gasteiger charge is 2.22. The van der Waals surface area contributed by atoms with Crippen LogP contribution in [0.15, 0.2) is 35.5 Å². The highest BCUT2D eigenvalue weighted by atomic mass is 32.2. The van der Waals surface area contributed by atoms with Crippen molar-refractivity contribution >= 4 is 15.7 Å². The maximum atomic E-state index is 12.3. The monoisotopic (exact) mass is 308 g/mol. The molecular weight excluding hydrogens is 292 g/mol. The zero-order valence-corrected chi connectivity index (χ0v) is 12.5. The lowest BCUT2D eigenvalue weighted by molar-refractivity contribution is 0.0935. The number of nitrogens with one attached hydrogen (secondary N) is 2. The number of aromatic nitrogens is 3. The van der Waals surface area contributed by atoms with Gasteiger partial charge in [0.15, 0.2) is 9.84 Å². The van der Waals surface area contributed by atoms with Crippen molar-refractivity contribution in [3.63, 3.8) is 0 Å². The molecular formula is C13H16N4O3S. The third-order valence-electron chi connectivity index (χ3n) is 3.04. The molecule has 0 fully saturated rings. The number of carbonyl (C=O) groups is 1. The van der Waals surface area contributed by atoms with Crippen molar-refractivity contribution in [2.45, 2.75) is 24.8 Å². The number of carbonyl (C=O) groups excluding carboxylic acids is 1. The number of H-pyrrole nitrogens is 1. The summed E-state index contributed by atoms with van der Waals surface area (Å²) in [6.07, 6.45) is 1.34. The molecule has 0 saturated carbocycles. The fourth-order valence-corrected chi connectivity index (χ4v) is 2.94. The SMILES string of the molecule is CCS(=O)(=O)c1ccccc1C(=O)NC(C)c1ncn[nH]1. The van der Waals surface area contributed by atoms with E-state index < -0.39 is 21.8 Å². The number of amides is 1. The summed E-state index contributed by atoms with van der Waals surface area (Å²) in [4.78, 5) is 16.3. The van der Waals surface area contributed by atoms with Crippen molar-refractivity contribution in [1.29, 1.82) is 0 Å². The predicted molar refractivity (Wildman–Crippen MR) is 76.4 cm³/mol. The van der Waals surface area contributed by atoms with Gasteiger partial charge in [-0.05, 0) is 19.1 Å². The minimum Gasteiger partial charge on any atom is -0.342 e. The Labute approximate surface area is 122 Å². The number of hydrogen-bond donors (Lipinski definition) is 2. The number of aromatic amines is 1. The number of sulfone groups is 1. The summed E-state index contributed by atoms with van der Waals surface area (Å²) in [6.45, 7) is 3.27. The van der Waals surface area contributed by atoms with Crippen LogP contribution in [-0.2, 0) is 9.84 Å². The molecule has 0 aliphatic heterocycles. The zero-order chi connectivity index (χ0) is 15.5. The van der Waals surface area contributed by atoms with Gasteiger partial charge in [0.05, 0.1) is 22.3 Å². The van der Waals surface area contributed by atoms with Crippen LogP contribution < -0.4 is 5.32 Å². The average molecular weight is 308 g/mol. The Hall–Kier alpha value is -2.22. The van der Waals surface area contributed by atoms with Gasteiger partial charge in [0.2, 0.25) is 0 Å². The van der Waals surface area contributed by atoms with E-state index in [-0.39, 0.29) is 16.2 Å². The average Bonchev–Trinajstić information content (AvgIpc) is 3.01. The fraction of sp³-hybridized carbons (Fsp3) is 0.308. The van der Waals surface area contributed by atoms with E-state index in [4.69, 9.17) is 0 Å². The molecule has 0 aliphatic rings. The molecule has 0 radical (unpaired) electrons. The number of hydrogen-bond acceptors (Lipinski definition) is 5. The van der Waals surface area contributed by atoms with Crippen LogP contribution >= 0.6 is 0 Å². The Morgan fingerprint density at radius 3 is 2.71 bits per heavy atom. The molecule has 1 aromatic heterocycles. The van der Waals surface area contributed by atoms with Gasteiger partial charge in [-0.1, -0.05) is 19.1 Å². The van der Waals surface area contributed by atoms with Crippen LogP contribution in [0.4, 0.5) is 0 Å². The molecule has 0 saturated heterocycles. The van der Waals surface area contributed by atoms with E-state index in [9.17, 15) is 13.2 Å². The second-order valence-corrected chi connectivity index (χ2v) is 6.71. The number of nitrogens with zero attached hydrogens (tertiary/aromatic N) is 2. The molecule has 0 spiro atoms. The number of rotatable bonds is 5. The highest BCUT2D eigenvalue weighted by Crippen LogP contribution is 2.18. The van der Waals surface area contributed by atoms with Crippen LogP contribution in [0.25, 0.3) is 0 Å². The maximum Gasteiger partial charge on any atom is 0.253 e. The summed E-state index contributed by atoms with van der Waals surface area (Å²) in [5.74, 6) is -0.0275. The Bertz CT molecular complexity index is 726. The first-order valence-electron chi connectivity index (χ1n) is 6.43. The minimum absolute atomic E-state index is 0.0368. The molecule has 2 aromatic rings. The first kappa shape index (κ1) is 15.2. The lowest BCUT2D eigenvalue weighted by Gasteiger charge is -2.13. The van der Waals surface area contributed by atoms with Crippen LogP contribution in [0.5, 0.6) is 0 Å².